The number of morpholine rings is 1. The highest BCUT2D eigenvalue weighted by molar-refractivity contribution is 6.29. The first kappa shape index (κ1) is 21.8. The van der Waals surface area contributed by atoms with Gasteiger partial charge in [-0.3, -0.25) is 4.90 Å². The lowest BCUT2D eigenvalue weighted by atomic mass is 10.2. The van der Waals surface area contributed by atoms with E-state index in [1.807, 2.05) is 25.1 Å². The van der Waals surface area contributed by atoms with E-state index in [0.717, 1.165) is 69.4 Å². The summed E-state index contributed by atoms with van der Waals surface area (Å²) in [6.45, 7) is 9.71. The molecule has 1 aromatic heterocycles. The zero-order chi connectivity index (χ0) is 20.3. The molecule has 0 radical (unpaired) electrons. The van der Waals surface area contributed by atoms with Crippen molar-refractivity contribution in [3.05, 3.63) is 52.8 Å². The van der Waals surface area contributed by atoms with Gasteiger partial charge in [0.1, 0.15) is 11.8 Å². The van der Waals surface area contributed by atoms with Crippen molar-refractivity contribution in [3.8, 4) is 11.5 Å². The molecule has 0 bridgehead atoms. The molecule has 1 N–H and O–H groups in total. The number of hydrogen-bond acceptors (Lipinski definition) is 6. The largest absolute Gasteiger partial charge is 0.490 e. The summed E-state index contributed by atoms with van der Waals surface area (Å²) in [4.78, 5) is 6.54. The molecule has 158 valence electrons. The fourth-order valence-electron chi connectivity index (χ4n) is 3.19. The van der Waals surface area contributed by atoms with Crippen LogP contribution in [0, 0.1) is 0 Å². The lowest BCUT2D eigenvalue weighted by molar-refractivity contribution is 0.0374. The number of pyridine rings is 1. The van der Waals surface area contributed by atoms with Crippen LogP contribution in [-0.4, -0.2) is 55.9 Å². The summed E-state index contributed by atoms with van der Waals surface area (Å²) in [6.07, 6.45) is 2.85. The van der Waals surface area contributed by atoms with E-state index in [0.29, 0.717) is 18.4 Å². The van der Waals surface area contributed by atoms with Crippen LogP contribution >= 0.6 is 11.6 Å². The predicted molar refractivity (Wildman–Crippen MR) is 115 cm³/mol. The van der Waals surface area contributed by atoms with Gasteiger partial charge in [0.25, 0.3) is 0 Å². The fourth-order valence-corrected chi connectivity index (χ4v) is 3.30. The molecule has 7 heteroatoms. The van der Waals surface area contributed by atoms with Gasteiger partial charge in [-0.15, -0.1) is 0 Å². The van der Waals surface area contributed by atoms with Crippen molar-refractivity contribution in [2.45, 2.75) is 26.5 Å². The number of rotatable bonds is 11. The third kappa shape index (κ3) is 7.48. The first-order valence-electron chi connectivity index (χ1n) is 10.2. The Labute approximate surface area is 178 Å². The topological polar surface area (TPSA) is 55.9 Å². The minimum atomic E-state index is 0.420. The summed E-state index contributed by atoms with van der Waals surface area (Å²) in [5, 5.41) is 4.00. The lowest BCUT2D eigenvalue weighted by Gasteiger charge is -2.26. The summed E-state index contributed by atoms with van der Waals surface area (Å²) in [5.41, 5.74) is 2.14. The van der Waals surface area contributed by atoms with E-state index in [1.165, 1.54) is 5.56 Å². The first-order valence-corrected chi connectivity index (χ1v) is 10.6. The van der Waals surface area contributed by atoms with Crippen LogP contribution in [0.3, 0.4) is 0 Å². The van der Waals surface area contributed by atoms with Crippen molar-refractivity contribution < 1.29 is 14.2 Å². The van der Waals surface area contributed by atoms with Gasteiger partial charge in [-0.05, 0) is 50.2 Å². The summed E-state index contributed by atoms with van der Waals surface area (Å²) >= 11 is 5.83. The molecule has 1 aromatic carbocycles. The van der Waals surface area contributed by atoms with Gasteiger partial charge in [-0.2, -0.15) is 0 Å². The van der Waals surface area contributed by atoms with Gasteiger partial charge < -0.3 is 19.5 Å². The molecule has 0 atom stereocenters. The van der Waals surface area contributed by atoms with Crippen LogP contribution in [0.15, 0.2) is 36.5 Å². The second kappa shape index (κ2) is 12.0. The Bertz CT molecular complexity index is 737. The molecule has 2 heterocycles. The van der Waals surface area contributed by atoms with E-state index in [9.17, 15) is 0 Å². The van der Waals surface area contributed by atoms with Crippen LogP contribution in [0.2, 0.25) is 5.15 Å². The van der Waals surface area contributed by atoms with Gasteiger partial charge in [0.15, 0.2) is 11.5 Å². The number of ether oxygens (including phenoxy) is 3. The number of aromatic nitrogens is 1. The molecule has 2 aromatic rings. The average Bonchev–Trinajstić information content (AvgIpc) is 2.75. The van der Waals surface area contributed by atoms with E-state index in [1.54, 1.807) is 12.3 Å². The van der Waals surface area contributed by atoms with Crippen LogP contribution in [0.5, 0.6) is 11.5 Å². The van der Waals surface area contributed by atoms with Crippen molar-refractivity contribution >= 4 is 11.6 Å². The van der Waals surface area contributed by atoms with Crippen molar-refractivity contribution in [1.82, 2.24) is 15.2 Å². The number of nitrogens with zero attached hydrogens (tertiary/aromatic N) is 2. The van der Waals surface area contributed by atoms with Crippen LogP contribution in [0.25, 0.3) is 0 Å². The number of hydrogen-bond donors (Lipinski definition) is 1. The summed E-state index contributed by atoms with van der Waals surface area (Å²) in [6, 6.07) is 9.77. The highest BCUT2D eigenvalue weighted by atomic mass is 35.5. The van der Waals surface area contributed by atoms with Crippen LogP contribution in [0.4, 0.5) is 0 Å². The third-order valence-electron chi connectivity index (χ3n) is 4.75. The lowest BCUT2D eigenvalue weighted by Crippen LogP contribution is -2.37. The van der Waals surface area contributed by atoms with E-state index in [-0.39, 0.29) is 0 Å². The quantitative estimate of drug-likeness (QED) is 0.444. The van der Waals surface area contributed by atoms with Gasteiger partial charge in [-0.1, -0.05) is 23.7 Å². The Morgan fingerprint density at radius 3 is 2.69 bits per heavy atom. The second-order valence-electron chi connectivity index (χ2n) is 6.98. The number of halogens is 1. The Kier molecular flexibility index (Phi) is 9.02. The van der Waals surface area contributed by atoms with Gasteiger partial charge in [-0.25, -0.2) is 4.98 Å². The zero-order valence-electron chi connectivity index (χ0n) is 17.0. The van der Waals surface area contributed by atoms with Crippen molar-refractivity contribution in [1.29, 1.82) is 0 Å². The summed E-state index contributed by atoms with van der Waals surface area (Å²) in [5.74, 6) is 1.50. The number of nitrogens with one attached hydrogen (secondary N) is 1. The Morgan fingerprint density at radius 1 is 1.10 bits per heavy atom. The van der Waals surface area contributed by atoms with Crippen LogP contribution < -0.4 is 14.8 Å². The summed E-state index contributed by atoms with van der Waals surface area (Å²) in [7, 11) is 0. The maximum absolute atomic E-state index is 5.94. The molecule has 29 heavy (non-hydrogen) atoms. The van der Waals surface area contributed by atoms with E-state index in [4.69, 9.17) is 25.8 Å². The van der Waals surface area contributed by atoms with Gasteiger partial charge in [0, 0.05) is 31.4 Å². The Hall–Kier alpha value is -1.86. The molecule has 3 rings (SSSR count). The zero-order valence-corrected chi connectivity index (χ0v) is 17.8. The molecule has 0 spiro atoms. The van der Waals surface area contributed by atoms with Crippen molar-refractivity contribution in [2.75, 3.05) is 46.0 Å². The molecule has 0 amide bonds. The van der Waals surface area contributed by atoms with Gasteiger partial charge >= 0.3 is 0 Å². The molecular formula is C22H30ClN3O3. The van der Waals surface area contributed by atoms with E-state index < -0.39 is 0 Å². The Balaban J connectivity index is 1.45. The number of benzene rings is 1. The third-order valence-corrected chi connectivity index (χ3v) is 4.98. The maximum atomic E-state index is 5.94. The molecule has 1 aliphatic heterocycles. The SMILES string of the molecule is CCOc1cc(CNCCCN2CCOCC2)ccc1OCc1ccc(Cl)nc1. The molecule has 0 unspecified atom stereocenters. The molecular weight excluding hydrogens is 390 g/mol. The normalized spacial score (nSPS) is 14.7. The predicted octanol–water partition coefficient (Wildman–Crippen LogP) is 3.52. The van der Waals surface area contributed by atoms with Crippen LogP contribution in [-0.2, 0) is 17.9 Å². The van der Waals surface area contributed by atoms with E-state index in [2.05, 4.69) is 21.3 Å². The highest BCUT2D eigenvalue weighted by Gasteiger charge is 2.10. The molecule has 0 saturated carbocycles. The molecule has 1 saturated heterocycles. The van der Waals surface area contributed by atoms with Crippen LogP contribution in [0.1, 0.15) is 24.5 Å². The smallest absolute Gasteiger partial charge is 0.161 e. The minimum absolute atomic E-state index is 0.420. The fraction of sp³-hybridized carbons (Fsp3) is 0.500. The second-order valence-corrected chi connectivity index (χ2v) is 7.36. The monoisotopic (exact) mass is 419 g/mol. The highest BCUT2D eigenvalue weighted by Crippen LogP contribution is 2.29. The molecule has 0 aliphatic carbocycles. The maximum Gasteiger partial charge on any atom is 0.161 e. The van der Waals surface area contributed by atoms with Crippen molar-refractivity contribution in [2.24, 2.45) is 0 Å². The first-order chi connectivity index (χ1) is 14.2. The van der Waals surface area contributed by atoms with E-state index >= 15 is 0 Å². The van der Waals surface area contributed by atoms with Crippen molar-refractivity contribution in [3.63, 3.8) is 0 Å². The standard InChI is InChI=1S/C22H30ClN3O3/c1-2-28-21-14-18(15-24-8-3-9-26-10-12-27-13-11-26)4-6-20(21)29-17-19-5-7-22(23)25-16-19/h4-7,14,16,24H,2-3,8-13,15,17H2,1H3. The average molecular weight is 420 g/mol. The molecule has 6 nitrogen and oxygen atoms in total. The minimum Gasteiger partial charge on any atom is -0.490 e. The molecule has 1 fully saturated rings. The molecule has 1 aliphatic rings. The summed E-state index contributed by atoms with van der Waals surface area (Å²) < 4.78 is 17.1. The Morgan fingerprint density at radius 2 is 1.93 bits per heavy atom. The van der Waals surface area contributed by atoms with Gasteiger partial charge in [0.2, 0.25) is 0 Å². The van der Waals surface area contributed by atoms with Gasteiger partial charge in [0.05, 0.1) is 19.8 Å².